The average molecular weight is 452 g/mol. The molecule has 0 fully saturated rings. The summed E-state index contributed by atoms with van der Waals surface area (Å²) >= 11 is 0. The van der Waals surface area contributed by atoms with Crippen LogP contribution < -0.4 is 11.1 Å². The molecule has 3 aromatic carbocycles. The number of carbonyl (C=O) groups is 2. The van der Waals surface area contributed by atoms with Gasteiger partial charge in [-0.3, -0.25) is 9.59 Å². The normalized spacial score (nSPS) is 11.2. The van der Waals surface area contributed by atoms with E-state index in [4.69, 9.17) is 5.73 Å². The molecule has 33 heavy (non-hydrogen) atoms. The van der Waals surface area contributed by atoms with Gasteiger partial charge in [0.2, 0.25) is 0 Å². The van der Waals surface area contributed by atoms with Crippen LogP contribution in [0.4, 0.5) is 14.5 Å². The van der Waals surface area contributed by atoms with E-state index in [-0.39, 0.29) is 29.0 Å². The van der Waals surface area contributed by atoms with Crippen molar-refractivity contribution >= 4 is 17.5 Å². The summed E-state index contributed by atoms with van der Waals surface area (Å²) in [5, 5.41) is 2.75. The van der Waals surface area contributed by atoms with Gasteiger partial charge in [-0.05, 0) is 66.1 Å². The van der Waals surface area contributed by atoms with E-state index in [9.17, 15) is 18.4 Å². The quantitative estimate of drug-likeness (QED) is 0.514. The van der Waals surface area contributed by atoms with Gasteiger partial charge in [0.25, 0.3) is 11.8 Å². The number of rotatable bonds is 8. The fourth-order valence-electron chi connectivity index (χ4n) is 3.39. The molecule has 0 atom stereocenters. The fourth-order valence-corrected chi connectivity index (χ4v) is 3.39. The van der Waals surface area contributed by atoms with E-state index in [0.29, 0.717) is 18.8 Å². The summed E-state index contributed by atoms with van der Waals surface area (Å²) in [6.45, 7) is 4.87. The number of hydrogen-bond acceptors (Lipinski definition) is 3. The molecule has 0 unspecified atom stereocenters. The number of benzene rings is 3. The zero-order chi connectivity index (χ0) is 24.0. The summed E-state index contributed by atoms with van der Waals surface area (Å²) in [7, 11) is 0. The Labute approximate surface area is 192 Å². The lowest BCUT2D eigenvalue weighted by atomic mass is 9.92. The van der Waals surface area contributed by atoms with Crippen LogP contribution in [0.25, 0.3) is 0 Å². The number of hydrogen-bond donors (Lipinski definition) is 2. The fraction of sp³-hybridized carbons (Fsp3) is 0.231. The summed E-state index contributed by atoms with van der Waals surface area (Å²) in [5.41, 5.74) is 7.26. The molecule has 3 N–H and O–H groups in total. The molecule has 5 nitrogen and oxygen atoms in total. The minimum Gasteiger partial charge on any atom is -0.334 e. The number of nitrogens with one attached hydrogen (secondary N) is 1. The third-order valence-corrected chi connectivity index (χ3v) is 5.18. The van der Waals surface area contributed by atoms with Crippen molar-refractivity contribution in [3.63, 3.8) is 0 Å². The second-order valence-corrected chi connectivity index (χ2v) is 8.70. The molecule has 0 bridgehead atoms. The average Bonchev–Trinajstić information content (AvgIpc) is 2.78. The van der Waals surface area contributed by atoms with Crippen LogP contribution >= 0.6 is 0 Å². The highest BCUT2D eigenvalue weighted by Crippen LogP contribution is 2.21. The summed E-state index contributed by atoms with van der Waals surface area (Å²) in [4.78, 5) is 27.3. The standard InChI is InChI=1S/C26H27F2N3O2/c1-26(2,16-29)17-31(25(33)20-8-5-10-22(28)14-20)15-18-6-3-11-23(12-18)30-24(32)19-7-4-9-21(27)13-19/h3-14H,15-17,29H2,1-2H3,(H,30,32). The van der Waals surface area contributed by atoms with Crippen LogP contribution in [0.3, 0.4) is 0 Å². The maximum atomic E-state index is 13.7. The Kier molecular flexibility index (Phi) is 7.55. The Hall–Kier alpha value is -3.58. The van der Waals surface area contributed by atoms with Crippen molar-refractivity contribution in [3.05, 3.63) is 101 Å². The maximum Gasteiger partial charge on any atom is 0.255 e. The minimum atomic E-state index is -0.495. The molecule has 172 valence electrons. The second kappa shape index (κ2) is 10.4. The third-order valence-electron chi connectivity index (χ3n) is 5.18. The Morgan fingerprint density at radius 1 is 0.909 bits per heavy atom. The van der Waals surface area contributed by atoms with Crippen LogP contribution in [0.2, 0.25) is 0 Å². The first-order valence-corrected chi connectivity index (χ1v) is 10.6. The van der Waals surface area contributed by atoms with Gasteiger partial charge in [0.05, 0.1) is 0 Å². The lowest BCUT2D eigenvalue weighted by Gasteiger charge is -2.32. The molecule has 3 rings (SSSR count). The zero-order valence-electron chi connectivity index (χ0n) is 18.6. The second-order valence-electron chi connectivity index (χ2n) is 8.70. The van der Waals surface area contributed by atoms with E-state index in [1.54, 1.807) is 29.2 Å². The monoisotopic (exact) mass is 451 g/mol. The summed E-state index contributed by atoms with van der Waals surface area (Å²) < 4.78 is 27.1. The van der Waals surface area contributed by atoms with E-state index in [2.05, 4.69) is 5.32 Å². The van der Waals surface area contributed by atoms with E-state index in [1.165, 1.54) is 36.4 Å². The van der Waals surface area contributed by atoms with Crippen LogP contribution in [0.1, 0.15) is 40.1 Å². The first-order chi connectivity index (χ1) is 15.7. The van der Waals surface area contributed by atoms with Crippen LogP contribution in [0, 0.1) is 17.0 Å². The number of amides is 2. The highest BCUT2D eigenvalue weighted by atomic mass is 19.1. The van der Waals surface area contributed by atoms with Crippen molar-refractivity contribution in [3.8, 4) is 0 Å². The van der Waals surface area contributed by atoms with Gasteiger partial charge in [0.1, 0.15) is 11.6 Å². The molecule has 0 radical (unpaired) electrons. The molecule has 0 saturated heterocycles. The molecule has 0 aliphatic carbocycles. The molecule has 0 heterocycles. The number of anilines is 1. The van der Waals surface area contributed by atoms with Crippen molar-refractivity contribution in [1.82, 2.24) is 4.90 Å². The smallest absolute Gasteiger partial charge is 0.255 e. The van der Waals surface area contributed by atoms with Crippen LogP contribution in [-0.4, -0.2) is 29.8 Å². The van der Waals surface area contributed by atoms with E-state index < -0.39 is 17.5 Å². The molecule has 2 amide bonds. The van der Waals surface area contributed by atoms with Crippen molar-refractivity contribution in [2.45, 2.75) is 20.4 Å². The molecule has 0 aromatic heterocycles. The molecular weight excluding hydrogens is 424 g/mol. The predicted molar refractivity (Wildman–Crippen MR) is 125 cm³/mol. The van der Waals surface area contributed by atoms with Crippen molar-refractivity contribution in [1.29, 1.82) is 0 Å². The van der Waals surface area contributed by atoms with Crippen LogP contribution in [0.5, 0.6) is 0 Å². The molecule has 0 aliphatic rings. The van der Waals surface area contributed by atoms with Crippen LogP contribution in [-0.2, 0) is 6.54 Å². The molecule has 0 spiro atoms. The number of halogens is 2. The Morgan fingerprint density at radius 2 is 1.52 bits per heavy atom. The zero-order valence-corrected chi connectivity index (χ0v) is 18.6. The van der Waals surface area contributed by atoms with Crippen molar-refractivity contribution in [2.24, 2.45) is 11.1 Å². The molecule has 0 saturated carbocycles. The Morgan fingerprint density at radius 3 is 2.15 bits per heavy atom. The van der Waals surface area contributed by atoms with Gasteiger partial charge in [0, 0.05) is 29.9 Å². The molecule has 0 aliphatic heterocycles. The summed E-state index contributed by atoms with van der Waals surface area (Å²) in [6, 6.07) is 18.0. The molecular formula is C26H27F2N3O2. The molecule has 7 heteroatoms. The first-order valence-electron chi connectivity index (χ1n) is 10.6. The lowest BCUT2D eigenvalue weighted by molar-refractivity contribution is 0.0672. The van der Waals surface area contributed by atoms with E-state index in [1.807, 2.05) is 19.9 Å². The van der Waals surface area contributed by atoms with E-state index >= 15 is 0 Å². The Balaban J connectivity index is 1.82. The number of nitrogens with two attached hydrogens (primary N) is 1. The Bertz CT molecular complexity index is 1150. The largest absolute Gasteiger partial charge is 0.334 e. The van der Waals surface area contributed by atoms with Gasteiger partial charge in [0.15, 0.2) is 0 Å². The summed E-state index contributed by atoms with van der Waals surface area (Å²) in [6.07, 6.45) is 0. The van der Waals surface area contributed by atoms with Gasteiger partial charge in [-0.2, -0.15) is 0 Å². The van der Waals surface area contributed by atoms with Crippen LogP contribution in [0.15, 0.2) is 72.8 Å². The number of carbonyl (C=O) groups excluding carboxylic acids is 2. The highest BCUT2D eigenvalue weighted by molar-refractivity contribution is 6.04. The van der Waals surface area contributed by atoms with E-state index in [0.717, 1.165) is 11.6 Å². The minimum absolute atomic E-state index is 0.202. The summed E-state index contributed by atoms with van der Waals surface area (Å²) in [5.74, 6) is -1.74. The van der Waals surface area contributed by atoms with Crippen molar-refractivity contribution in [2.75, 3.05) is 18.4 Å². The van der Waals surface area contributed by atoms with Gasteiger partial charge < -0.3 is 16.0 Å². The SMILES string of the molecule is CC(C)(CN)CN(Cc1cccc(NC(=O)c2cccc(F)c2)c1)C(=O)c1cccc(F)c1. The van der Waals surface area contributed by atoms with Gasteiger partial charge in [-0.25, -0.2) is 8.78 Å². The topological polar surface area (TPSA) is 75.4 Å². The third kappa shape index (κ3) is 6.70. The van der Waals surface area contributed by atoms with Crippen molar-refractivity contribution < 1.29 is 18.4 Å². The molecule has 3 aromatic rings. The maximum absolute atomic E-state index is 13.7. The van der Waals surface area contributed by atoms with Gasteiger partial charge in [-0.1, -0.05) is 38.1 Å². The van der Waals surface area contributed by atoms with Gasteiger partial charge in [-0.15, -0.1) is 0 Å². The predicted octanol–water partition coefficient (Wildman–Crippen LogP) is 4.84. The lowest BCUT2D eigenvalue weighted by Crippen LogP contribution is -2.41. The van der Waals surface area contributed by atoms with Gasteiger partial charge >= 0.3 is 0 Å². The highest BCUT2D eigenvalue weighted by Gasteiger charge is 2.25. The first kappa shape index (κ1) is 24.1. The number of nitrogens with zero attached hydrogens (tertiary/aromatic N) is 1.